The number of carbonyl (C=O) groups is 1. The first kappa shape index (κ1) is 18.2. The topological polar surface area (TPSA) is 75.7 Å². The van der Waals surface area contributed by atoms with Gasteiger partial charge < -0.3 is 10.1 Å². The van der Waals surface area contributed by atoms with Crippen molar-refractivity contribution in [1.29, 1.82) is 0 Å². The zero-order valence-electron chi connectivity index (χ0n) is 14.6. The van der Waals surface area contributed by atoms with Crippen LogP contribution in [0.4, 0.5) is 0 Å². The number of hydrogen-bond donors (Lipinski definition) is 1. The molecule has 25 heavy (non-hydrogen) atoms. The monoisotopic (exact) mass is 366 g/mol. The zero-order chi connectivity index (χ0) is 17.9. The predicted molar refractivity (Wildman–Crippen MR) is 94.9 cm³/mol. The number of carbonyl (C=O) groups excluding carboxylic acids is 1. The van der Waals surface area contributed by atoms with Crippen molar-refractivity contribution in [3.05, 3.63) is 24.3 Å². The molecule has 2 aliphatic rings. The fraction of sp³-hybridized carbons (Fsp3) is 0.611. The number of amides is 1. The molecule has 1 aliphatic heterocycles. The van der Waals surface area contributed by atoms with Crippen molar-refractivity contribution < 1.29 is 17.9 Å². The SMILES string of the molecule is CC(=O)NC1CCCN(S(=O)(=O)c2ccc(OC3CCCC3)cc2)C1. The summed E-state index contributed by atoms with van der Waals surface area (Å²) in [7, 11) is -3.55. The number of ether oxygens (including phenoxy) is 1. The van der Waals surface area contributed by atoms with E-state index in [1.54, 1.807) is 24.3 Å². The first-order chi connectivity index (χ1) is 11.9. The molecule has 0 bridgehead atoms. The van der Waals surface area contributed by atoms with E-state index in [0.717, 1.165) is 31.4 Å². The Bertz CT molecular complexity index is 696. The Labute approximate surface area is 149 Å². The van der Waals surface area contributed by atoms with Crippen molar-refractivity contribution in [2.45, 2.75) is 62.5 Å². The normalized spacial score (nSPS) is 22.7. The molecule has 1 aliphatic carbocycles. The molecular formula is C18H26N2O4S. The van der Waals surface area contributed by atoms with Crippen LogP contribution in [0.5, 0.6) is 5.75 Å². The van der Waals surface area contributed by atoms with Gasteiger partial charge in [0.15, 0.2) is 0 Å². The van der Waals surface area contributed by atoms with Crippen molar-refractivity contribution in [1.82, 2.24) is 9.62 Å². The van der Waals surface area contributed by atoms with Crippen LogP contribution in [0.3, 0.4) is 0 Å². The Kier molecular flexibility index (Phi) is 5.64. The van der Waals surface area contributed by atoms with Crippen molar-refractivity contribution in [2.75, 3.05) is 13.1 Å². The molecule has 3 rings (SSSR count). The van der Waals surface area contributed by atoms with E-state index in [-0.39, 0.29) is 22.9 Å². The highest BCUT2D eigenvalue weighted by Gasteiger charge is 2.30. The lowest BCUT2D eigenvalue weighted by Gasteiger charge is -2.32. The quantitative estimate of drug-likeness (QED) is 0.868. The molecule has 1 aromatic carbocycles. The van der Waals surface area contributed by atoms with Crippen molar-refractivity contribution in [3.63, 3.8) is 0 Å². The molecule has 1 heterocycles. The Morgan fingerprint density at radius 1 is 1.12 bits per heavy atom. The Morgan fingerprint density at radius 2 is 1.80 bits per heavy atom. The van der Waals surface area contributed by atoms with E-state index >= 15 is 0 Å². The first-order valence-electron chi connectivity index (χ1n) is 8.99. The summed E-state index contributed by atoms with van der Waals surface area (Å²) in [5.74, 6) is 0.596. The van der Waals surface area contributed by atoms with Gasteiger partial charge in [-0.25, -0.2) is 8.42 Å². The van der Waals surface area contributed by atoms with Gasteiger partial charge >= 0.3 is 0 Å². The maximum atomic E-state index is 12.8. The van der Waals surface area contributed by atoms with E-state index in [1.165, 1.54) is 24.1 Å². The van der Waals surface area contributed by atoms with Crippen LogP contribution in [0.15, 0.2) is 29.2 Å². The van der Waals surface area contributed by atoms with Crippen LogP contribution in [-0.4, -0.2) is 43.9 Å². The summed E-state index contributed by atoms with van der Waals surface area (Å²) in [4.78, 5) is 11.5. The third-order valence-corrected chi connectivity index (χ3v) is 6.74. The molecule has 1 saturated carbocycles. The lowest BCUT2D eigenvalue weighted by Crippen LogP contribution is -2.49. The summed E-state index contributed by atoms with van der Waals surface area (Å²) < 4.78 is 33.0. The van der Waals surface area contributed by atoms with E-state index in [4.69, 9.17) is 4.74 Å². The third kappa shape index (κ3) is 4.52. The van der Waals surface area contributed by atoms with E-state index in [1.807, 2.05) is 0 Å². The number of nitrogens with zero attached hydrogens (tertiary/aromatic N) is 1. The Hall–Kier alpha value is -1.60. The van der Waals surface area contributed by atoms with Gasteiger partial charge in [-0.15, -0.1) is 0 Å². The maximum Gasteiger partial charge on any atom is 0.243 e. The molecular weight excluding hydrogens is 340 g/mol. The van der Waals surface area contributed by atoms with Gasteiger partial charge in [-0.1, -0.05) is 0 Å². The molecule has 0 radical (unpaired) electrons. The van der Waals surface area contributed by atoms with Crippen LogP contribution >= 0.6 is 0 Å². The highest BCUT2D eigenvalue weighted by molar-refractivity contribution is 7.89. The van der Waals surface area contributed by atoms with Gasteiger partial charge in [0.1, 0.15) is 5.75 Å². The van der Waals surface area contributed by atoms with Crippen molar-refractivity contribution >= 4 is 15.9 Å². The fourth-order valence-corrected chi connectivity index (χ4v) is 5.13. The van der Waals surface area contributed by atoms with Gasteiger partial charge in [-0.3, -0.25) is 4.79 Å². The van der Waals surface area contributed by atoms with Gasteiger partial charge in [-0.2, -0.15) is 4.31 Å². The molecule has 7 heteroatoms. The molecule has 1 amide bonds. The van der Waals surface area contributed by atoms with Crippen LogP contribution in [0.25, 0.3) is 0 Å². The van der Waals surface area contributed by atoms with Gasteiger partial charge in [0.25, 0.3) is 0 Å². The van der Waals surface area contributed by atoms with Gasteiger partial charge in [0.2, 0.25) is 15.9 Å². The summed E-state index contributed by atoms with van der Waals surface area (Å²) in [5.41, 5.74) is 0. The van der Waals surface area contributed by atoms with E-state index in [2.05, 4.69) is 5.32 Å². The number of nitrogens with one attached hydrogen (secondary N) is 1. The molecule has 1 atom stereocenters. The molecule has 2 fully saturated rings. The largest absolute Gasteiger partial charge is 0.490 e. The zero-order valence-corrected chi connectivity index (χ0v) is 15.4. The third-order valence-electron chi connectivity index (χ3n) is 4.86. The first-order valence-corrected chi connectivity index (χ1v) is 10.4. The minimum Gasteiger partial charge on any atom is -0.490 e. The molecule has 138 valence electrons. The van der Waals surface area contributed by atoms with Crippen LogP contribution in [0.1, 0.15) is 45.4 Å². The fourth-order valence-electron chi connectivity index (χ4n) is 3.60. The van der Waals surface area contributed by atoms with E-state index in [9.17, 15) is 13.2 Å². The summed E-state index contributed by atoms with van der Waals surface area (Å²) in [6.45, 7) is 2.26. The second-order valence-electron chi connectivity index (χ2n) is 6.90. The van der Waals surface area contributed by atoms with Crippen LogP contribution in [-0.2, 0) is 14.8 Å². The Morgan fingerprint density at radius 3 is 2.44 bits per heavy atom. The minimum absolute atomic E-state index is 0.119. The predicted octanol–water partition coefficient (Wildman–Crippen LogP) is 2.30. The van der Waals surface area contributed by atoms with E-state index in [0.29, 0.717) is 13.1 Å². The smallest absolute Gasteiger partial charge is 0.243 e. The lowest BCUT2D eigenvalue weighted by atomic mass is 10.1. The molecule has 1 N–H and O–H groups in total. The van der Waals surface area contributed by atoms with Crippen molar-refractivity contribution in [3.8, 4) is 5.75 Å². The van der Waals surface area contributed by atoms with Crippen LogP contribution in [0, 0.1) is 0 Å². The number of piperidine rings is 1. The van der Waals surface area contributed by atoms with E-state index < -0.39 is 10.0 Å². The second kappa shape index (κ2) is 7.74. The second-order valence-corrected chi connectivity index (χ2v) is 8.84. The van der Waals surface area contributed by atoms with Crippen LogP contribution in [0.2, 0.25) is 0 Å². The van der Waals surface area contributed by atoms with Gasteiger partial charge in [0, 0.05) is 26.1 Å². The summed E-state index contributed by atoms with van der Waals surface area (Å²) >= 11 is 0. The molecule has 1 saturated heterocycles. The average molecular weight is 366 g/mol. The average Bonchev–Trinajstić information content (AvgIpc) is 3.08. The number of rotatable bonds is 5. The summed E-state index contributed by atoms with van der Waals surface area (Å²) in [6.07, 6.45) is 6.33. The maximum absolute atomic E-state index is 12.8. The lowest BCUT2D eigenvalue weighted by molar-refractivity contribution is -0.119. The molecule has 6 nitrogen and oxygen atoms in total. The number of sulfonamides is 1. The standard InChI is InChI=1S/C18H26N2O4S/c1-14(21)19-15-5-4-12-20(13-15)25(22,23)18-10-8-17(9-11-18)24-16-6-2-3-7-16/h8-11,15-16H,2-7,12-13H2,1H3,(H,19,21). The molecule has 0 spiro atoms. The van der Waals surface area contributed by atoms with Gasteiger partial charge in [0.05, 0.1) is 11.0 Å². The molecule has 1 aromatic rings. The number of benzene rings is 1. The molecule has 0 aromatic heterocycles. The highest BCUT2D eigenvalue weighted by Crippen LogP contribution is 2.26. The van der Waals surface area contributed by atoms with Crippen LogP contribution < -0.4 is 10.1 Å². The number of hydrogen-bond acceptors (Lipinski definition) is 4. The van der Waals surface area contributed by atoms with Gasteiger partial charge in [-0.05, 0) is 62.8 Å². The summed E-state index contributed by atoms with van der Waals surface area (Å²) in [6, 6.07) is 6.58. The molecule has 1 unspecified atom stereocenters. The minimum atomic E-state index is -3.55. The Balaban J connectivity index is 1.67. The van der Waals surface area contributed by atoms with Crippen molar-refractivity contribution in [2.24, 2.45) is 0 Å². The highest BCUT2D eigenvalue weighted by atomic mass is 32.2. The summed E-state index contributed by atoms with van der Waals surface area (Å²) in [5, 5.41) is 2.82.